The summed E-state index contributed by atoms with van der Waals surface area (Å²) in [4.78, 5) is 0. The number of hydrogen-bond acceptors (Lipinski definition) is 3. The molecule has 0 aromatic rings. The van der Waals surface area contributed by atoms with Gasteiger partial charge in [0.05, 0.1) is 5.60 Å². The Labute approximate surface area is 85.8 Å². The highest BCUT2D eigenvalue weighted by molar-refractivity contribution is 7.98. The molecule has 0 saturated carbocycles. The molecule has 0 saturated heterocycles. The second kappa shape index (κ2) is 6.46. The summed E-state index contributed by atoms with van der Waals surface area (Å²) in [6.45, 7) is 7.49. The Morgan fingerprint density at radius 2 is 2.15 bits per heavy atom. The van der Waals surface area contributed by atoms with E-state index in [2.05, 4.69) is 25.2 Å². The van der Waals surface area contributed by atoms with Crippen LogP contribution in [0.25, 0.3) is 0 Å². The maximum Gasteiger partial charge on any atom is 0.0833 e. The highest BCUT2D eigenvalue weighted by Gasteiger charge is 2.17. The molecule has 0 amide bonds. The van der Waals surface area contributed by atoms with E-state index in [0.717, 1.165) is 12.3 Å². The predicted molar refractivity (Wildman–Crippen MR) is 61.3 cm³/mol. The molecule has 1 unspecified atom stereocenters. The summed E-state index contributed by atoms with van der Waals surface area (Å²) in [7, 11) is 0. The van der Waals surface area contributed by atoms with Crippen molar-refractivity contribution in [3.05, 3.63) is 11.6 Å². The number of rotatable bonds is 6. The van der Waals surface area contributed by atoms with E-state index in [1.54, 1.807) is 11.8 Å². The lowest BCUT2D eigenvalue weighted by Crippen LogP contribution is -2.40. The highest BCUT2D eigenvalue weighted by Crippen LogP contribution is 2.08. The van der Waals surface area contributed by atoms with Crippen LogP contribution in [0.5, 0.6) is 0 Å². The molecule has 13 heavy (non-hydrogen) atoms. The molecule has 0 rings (SSSR count). The van der Waals surface area contributed by atoms with Crippen LogP contribution in [0, 0.1) is 0 Å². The van der Waals surface area contributed by atoms with Gasteiger partial charge >= 0.3 is 0 Å². The lowest BCUT2D eigenvalue weighted by molar-refractivity contribution is 0.0861. The first-order chi connectivity index (χ1) is 5.98. The first-order valence-electron chi connectivity index (χ1n) is 4.53. The fraction of sp³-hybridized carbons (Fsp3) is 0.800. The summed E-state index contributed by atoms with van der Waals surface area (Å²) >= 11 is 1.67. The summed E-state index contributed by atoms with van der Waals surface area (Å²) < 4.78 is 0. The molecule has 2 N–H and O–H groups in total. The van der Waals surface area contributed by atoms with Gasteiger partial charge in [0.1, 0.15) is 0 Å². The van der Waals surface area contributed by atoms with Crippen LogP contribution in [0.15, 0.2) is 11.6 Å². The molecule has 3 heteroatoms. The Hall–Kier alpha value is 0.0100. The normalized spacial score (nSPS) is 15.2. The van der Waals surface area contributed by atoms with Crippen molar-refractivity contribution in [1.29, 1.82) is 0 Å². The molecule has 0 aliphatic carbocycles. The van der Waals surface area contributed by atoms with Gasteiger partial charge in [-0.1, -0.05) is 11.6 Å². The van der Waals surface area contributed by atoms with E-state index in [0.29, 0.717) is 6.54 Å². The summed E-state index contributed by atoms with van der Waals surface area (Å²) in [6.07, 6.45) is 4.12. The van der Waals surface area contributed by atoms with Crippen LogP contribution < -0.4 is 5.32 Å². The van der Waals surface area contributed by atoms with Crippen molar-refractivity contribution in [2.45, 2.75) is 26.4 Å². The van der Waals surface area contributed by atoms with Gasteiger partial charge in [0.25, 0.3) is 0 Å². The molecule has 0 spiro atoms. The highest BCUT2D eigenvalue weighted by atomic mass is 32.2. The molecule has 2 nitrogen and oxygen atoms in total. The Bertz CT molecular complexity index is 162. The van der Waals surface area contributed by atoms with Gasteiger partial charge in [-0.2, -0.15) is 11.8 Å². The molecule has 0 bridgehead atoms. The molecule has 78 valence electrons. The van der Waals surface area contributed by atoms with Crippen LogP contribution >= 0.6 is 11.8 Å². The van der Waals surface area contributed by atoms with Crippen LogP contribution in [0.1, 0.15) is 20.8 Å². The maximum absolute atomic E-state index is 9.78. The minimum Gasteiger partial charge on any atom is -0.388 e. The van der Waals surface area contributed by atoms with E-state index in [9.17, 15) is 5.11 Å². The molecule has 0 aromatic carbocycles. The Kier molecular flexibility index (Phi) is 6.47. The van der Waals surface area contributed by atoms with E-state index in [1.807, 2.05) is 13.2 Å². The zero-order chi connectivity index (χ0) is 10.3. The van der Waals surface area contributed by atoms with Gasteiger partial charge in [0.2, 0.25) is 0 Å². The van der Waals surface area contributed by atoms with Gasteiger partial charge < -0.3 is 10.4 Å². The van der Waals surface area contributed by atoms with Crippen LogP contribution in [-0.4, -0.2) is 35.8 Å². The number of hydrogen-bond donors (Lipinski definition) is 2. The fourth-order valence-electron chi connectivity index (χ4n) is 0.980. The van der Waals surface area contributed by atoms with Crippen LogP contribution in [0.2, 0.25) is 0 Å². The second-order valence-corrected chi connectivity index (χ2v) is 4.71. The number of aliphatic hydroxyl groups is 1. The number of allylic oxidation sites excluding steroid dienone is 1. The lowest BCUT2D eigenvalue weighted by atomic mass is 10.1. The first kappa shape index (κ1) is 13.0. The molecule has 0 aromatic heterocycles. The summed E-state index contributed by atoms with van der Waals surface area (Å²) in [5.41, 5.74) is 0.714. The topological polar surface area (TPSA) is 32.3 Å². The zero-order valence-electron chi connectivity index (χ0n) is 9.05. The van der Waals surface area contributed by atoms with Crippen molar-refractivity contribution >= 4 is 11.8 Å². The molecule has 0 radical (unpaired) electrons. The Morgan fingerprint density at radius 3 is 2.62 bits per heavy atom. The average molecular weight is 203 g/mol. The standard InChI is InChI=1S/C10H21NOS/c1-9(2)5-6-11-7-10(3,12)8-13-4/h5,11-12H,6-8H2,1-4H3. The van der Waals surface area contributed by atoms with Crippen LogP contribution in [-0.2, 0) is 0 Å². The van der Waals surface area contributed by atoms with Crippen molar-refractivity contribution in [3.63, 3.8) is 0 Å². The monoisotopic (exact) mass is 203 g/mol. The third-order valence-electron chi connectivity index (χ3n) is 1.62. The summed E-state index contributed by atoms with van der Waals surface area (Å²) in [5.74, 6) is 0.773. The van der Waals surface area contributed by atoms with Crippen LogP contribution in [0.4, 0.5) is 0 Å². The van der Waals surface area contributed by atoms with Gasteiger partial charge in [-0.25, -0.2) is 0 Å². The van der Waals surface area contributed by atoms with Crippen molar-refractivity contribution in [2.24, 2.45) is 0 Å². The number of nitrogens with one attached hydrogen (secondary N) is 1. The summed E-state index contributed by atoms with van der Waals surface area (Å²) in [5, 5.41) is 13.0. The lowest BCUT2D eigenvalue weighted by Gasteiger charge is -2.22. The largest absolute Gasteiger partial charge is 0.388 e. The van der Waals surface area contributed by atoms with Crippen molar-refractivity contribution < 1.29 is 5.11 Å². The minimum absolute atomic E-state index is 0.588. The SMILES string of the molecule is CSCC(C)(O)CNCC=C(C)C. The number of thioether (sulfide) groups is 1. The van der Waals surface area contributed by atoms with E-state index < -0.39 is 5.60 Å². The average Bonchev–Trinajstić information content (AvgIpc) is 1.98. The zero-order valence-corrected chi connectivity index (χ0v) is 9.87. The second-order valence-electron chi connectivity index (χ2n) is 3.84. The van der Waals surface area contributed by atoms with Gasteiger partial charge in [0.15, 0.2) is 0 Å². The third kappa shape index (κ3) is 8.34. The van der Waals surface area contributed by atoms with Crippen molar-refractivity contribution in [3.8, 4) is 0 Å². The Morgan fingerprint density at radius 1 is 1.54 bits per heavy atom. The fourth-order valence-corrected chi connectivity index (χ4v) is 1.70. The Balaban J connectivity index is 3.57. The molecule has 1 atom stereocenters. The molecule has 0 aliphatic heterocycles. The van der Waals surface area contributed by atoms with E-state index in [4.69, 9.17) is 0 Å². The first-order valence-corrected chi connectivity index (χ1v) is 5.93. The van der Waals surface area contributed by atoms with E-state index in [1.165, 1.54) is 5.57 Å². The van der Waals surface area contributed by atoms with E-state index >= 15 is 0 Å². The smallest absolute Gasteiger partial charge is 0.0833 e. The van der Waals surface area contributed by atoms with Gasteiger partial charge in [-0.15, -0.1) is 0 Å². The third-order valence-corrected chi connectivity index (χ3v) is 2.53. The molecule has 0 heterocycles. The maximum atomic E-state index is 9.78. The molecular weight excluding hydrogens is 182 g/mol. The minimum atomic E-state index is -0.588. The quantitative estimate of drug-likeness (QED) is 0.508. The molecule has 0 fully saturated rings. The van der Waals surface area contributed by atoms with Gasteiger partial charge in [-0.3, -0.25) is 0 Å². The van der Waals surface area contributed by atoms with E-state index in [-0.39, 0.29) is 0 Å². The van der Waals surface area contributed by atoms with Gasteiger partial charge in [-0.05, 0) is 27.0 Å². The molecular formula is C10H21NOS. The van der Waals surface area contributed by atoms with Crippen LogP contribution in [0.3, 0.4) is 0 Å². The predicted octanol–water partition coefficient (Wildman–Crippen LogP) is 1.66. The molecule has 0 aliphatic rings. The van der Waals surface area contributed by atoms with Crippen molar-refractivity contribution in [2.75, 3.05) is 25.1 Å². The summed E-state index contributed by atoms with van der Waals surface area (Å²) in [6, 6.07) is 0. The van der Waals surface area contributed by atoms with Crippen molar-refractivity contribution in [1.82, 2.24) is 5.32 Å². The van der Waals surface area contributed by atoms with Gasteiger partial charge in [0, 0.05) is 18.8 Å².